The molecule has 0 bridgehead atoms. The smallest absolute Gasteiger partial charge is 0.155 e. The van der Waals surface area contributed by atoms with Crippen molar-refractivity contribution in [3.05, 3.63) is 31.0 Å². The molecule has 0 amide bonds. The van der Waals surface area contributed by atoms with Gasteiger partial charge in [-0.15, -0.1) is 0 Å². The average Bonchev–Trinajstić information content (AvgIpc) is 2.33. The van der Waals surface area contributed by atoms with Gasteiger partial charge in [-0.05, 0) is 0 Å². The van der Waals surface area contributed by atoms with Crippen LogP contribution < -0.4 is 0 Å². The zero-order valence-corrected chi connectivity index (χ0v) is 5.23. The van der Waals surface area contributed by atoms with Gasteiger partial charge in [0.2, 0.25) is 0 Å². The summed E-state index contributed by atoms with van der Waals surface area (Å²) in [5, 5.41) is 0. The Bertz CT molecular complexity index is 287. The summed E-state index contributed by atoms with van der Waals surface area (Å²) in [6.07, 6.45) is 8.95. The Morgan fingerprint density at radius 3 is 2.80 bits per heavy atom. The minimum absolute atomic E-state index is 0. The molecule has 2 heterocycles. The van der Waals surface area contributed by atoms with Crippen molar-refractivity contribution in [2.45, 2.75) is 0 Å². The third-order valence-corrected chi connectivity index (χ3v) is 1.20. The molecule has 0 saturated carbocycles. The van der Waals surface area contributed by atoms with Crippen LogP contribution in [0.1, 0.15) is 0 Å². The predicted octanol–water partition coefficient (Wildman–Crippen LogP) is -0.0954. The molecule has 52 valence electrons. The van der Waals surface area contributed by atoms with Gasteiger partial charge < -0.3 is 9.88 Å². The first-order valence-electron chi connectivity index (χ1n) is 2.69. The van der Waals surface area contributed by atoms with Gasteiger partial charge in [0.25, 0.3) is 0 Å². The molecule has 4 heteroatoms. The first-order valence-corrected chi connectivity index (χ1v) is 2.69. The van der Waals surface area contributed by atoms with Gasteiger partial charge in [0.1, 0.15) is 0 Å². The van der Waals surface area contributed by atoms with Crippen molar-refractivity contribution in [2.24, 2.45) is 0 Å². The van der Waals surface area contributed by atoms with Gasteiger partial charge in [-0.3, -0.25) is 4.98 Å². The van der Waals surface area contributed by atoms with Crippen LogP contribution in [0.2, 0.25) is 0 Å². The highest BCUT2D eigenvalue weighted by Crippen LogP contribution is 1.93. The van der Waals surface area contributed by atoms with Crippen LogP contribution in [0.5, 0.6) is 0 Å². The van der Waals surface area contributed by atoms with Crippen molar-refractivity contribution in [1.82, 2.24) is 14.4 Å². The maximum atomic E-state index is 4.02. The Hall–Kier alpha value is -1.42. The molecule has 0 saturated heterocycles. The second-order valence-electron chi connectivity index (χ2n) is 1.77. The standard InChI is InChI=1S/C6H5N3.H2O/c1-3-9-4-2-8-6(9)5-7-1;/h1-5H;1H2. The van der Waals surface area contributed by atoms with E-state index in [0.717, 1.165) is 5.65 Å². The van der Waals surface area contributed by atoms with E-state index in [9.17, 15) is 0 Å². The molecule has 0 unspecified atom stereocenters. The maximum Gasteiger partial charge on any atom is 0.155 e. The molecular weight excluding hydrogens is 130 g/mol. The highest BCUT2D eigenvalue weighted by atomic mass is 16.0. The Morgan fingerprint density at radius 1 is 1.20 bits per heavy atom. The summed E-state index contributed by atoms with van der Waals surface area (Å²) >= 11 is 0. The van der Waals surface area contributed by atoms with Crippen LogP contribution in [0, 0.1) is 0 Å². The van der Waals surface area contributed by atoms with Crippen LogP contribution in [0.3, 0.4) is 0 Å². The number of hydrogen-bond acceptors (Lipinski definition) is 2. The van der Waals surface area contributed by atoms with Crippen molar-refractivity contribution >= 4 is 5.65 Å². The summed E-state index contributed by atoms with van der Waals surface area (Å²) in [7, 11) is 0. The van der Waals surface area contributed by atoms with Gasteiger partial charge >= 0.3 is 0 Å². The summed E-state index contributed by atoms with van der Waals surface area (Å²) < 4.78 is 1.91. The highest BCUT2D eigenvalue weighted by molar-refractivity contribution is 5.33. The first-order chi connectivity index (χ1) is 4.47. The van der Waals surface area contributed by atoms with Gasteiger partial charge in [-0.2, -0.15) is 0 Å². The minimum Gasteiger partial charge on any atom is -0.412 e. The van der Waals surface area contributed by atoms with Crippen LogP contribution in [-0.2, 0) is 0 Å². The number of imidazole rings is 1. The molecule has 10 heavy (non-hydrogen) atoms. The average molecular weight is 137 g/mol. The van der Waals surface area contributed by atoms with E-state index in [-0.39, 0.29) is 5.48 Å². The van der Waals surface area contributed by atoms with Crippen molar-refractivity contribution in [3.8, 4) is 0 Å². The van der Waals surface area contributed by atoms with E-state index in [1.165, 1.54) is 0 Å². The van der Waals surface area contributed by atoms with E-state index < -0.39 is 0 Å². The molecular formula is C6H7N3O. The van der Waals surface area contributed by atoms with Gasteiger partial charge in [0.15, 0.2) is 5.65 Å². The van der Waals surface area contributed by atoms with Crippen LogP contribution >= 0.6 is 0 Å². The molecule has 0 aliphatic carbocycles. The Kier molecular flexibility index (Phi) is 1.64. The molecule has 2 aromatic heterocycles. The third-order valence-electron chi connectivity index (χ3n) is 1.20. The van der Waals surface area contributed by atoms with Crippen LogP contribution in [0.25, 0.3) is 5.65 Å². The lowest BCUT2D eigenvalue weighted by Crippen LogP contribution is -1.81. The summed E-state index contributed by atoms with van der Waals surface area (Å²) in [4.78, 5) is 7.92. The van der Waals surface area contributed by atoms with Crippen LogP contribution in [0.15, 0.2) is 31.0 Å². The van der Waals surface area contributed by atoms with Gasteiger partial charge in [0, 0.05) is 24.8 Å². The zero-order chi connectivity index (χ0) is 6.10. The molecule has 0 spiro atoms. The topological polar surface area (TPSA) is 61.7 Å². The SMILES string of the molecule is O.c1cn2ccnc2cn1. The molecule has 0 aliphatic rings. The predicted molar refractivity (Wildman–Crippen MR) is 36.6 cm³/mol. The van der Waals surface area contributed by atoms with E-state index in [1.807, 2.05) is 16.8 Å². The number of fused-ring (bicyclic) bond motifs is 1. The summed E-state index contributed by atoms with van der Waals surface area (Å²) in [5.74, 6) is 0. The van der Waals surface area contributed by atoms with Gasteiger partial charge in [0.05, 0.1) is 6.20 Å². The van der Waals surface area contributed by atoms with E-state index in [4.69, 9.17) is 0 Å². The molecule has 2 rings (SSSR count). The van der Waals surface area contributed by atoms with Crippen molar-refractivity contribution in [3.63, 3.8) is 0 Å². The maximum absolute atomic E-state index is 4.02. The minimum atomic E-state index is 0. The van der Waals surface area contributed by atoms with Gasteiger partial charge in [-0.1, -0.05) is 0 Å². The number of hydrogen-bond donors (Lipinski definition) is 0. The third kappa shape index (κ3) is 0.844. The van der Waals surface area contributed by atoms with Crippen LogP contribution in [-0.4, -0.2) is 19.8 Å². The monoisotopic (exact) mass is 137 g/mol. The van der Waals surface area contributed by atoms with E-state index in [2.05, 4.69) is 9.97 Å². The fourth-order valence-electron chi connectivity index (χ4n) is 0.771. The number of aromatic nitrogens is 3. The van der Waals surface area contributed by atoms with E-state index in [0.29, 0.717) is 0 Å². The molecule has 0 radical (unpaired) electrons. The van der Waals surface area contributed by atoms with Crippen molar-refractivity contribution in [1.29, 1.82) is 0 Å². The molecule has 0 aromatic carbocycles. The fraction of sp³-hybridized carbons (Fsp3) is 0. The summed E-state index contributed by atoms with van der Waals surface area (Å²) in [5.41, 5.74) is 0.887. The molecule has 0 aliphatic heterocycles. The van der Waals surface area contributed by atoms with Crippen LogP contribution in [0.4, 0.5) is 0 Å². The fourth-order valence-corrected chi connectivity index (χ4v) is 0.771. The molecule has 2 N–H and O–H groups in total. The highest BCUT2D eigenvalue weighted by Gasteiger charge is 1.86. The summed E-state index contributed by atoms with van der Waals surface area (Å²) in [6.45, 7) is 0. The lowest BCUT2D eigenvalue weighted by Gasteiger charge is -1.86. The van der Waals surface area contributed by atoms with E-state index >= 15 is 0 Å². The normalized spacial score (nSPS) is 9.20. The Labute approximate surface area is 57.5 Å². The lowest BCUT2D eigenvalue weighted by molar-refractivity contribution is 0.824. The second kappa shape index (κ2) is 2.45. The first kappa shape index (κ1) is 6.70. The van der Waals surface area contributed by atoms with Gasteiger partial charge in [-0.25, -0.2) is 4.98 Å². The van der Waals surface area contributed by atoms with Crippen molar-refractivity contribution in [2.75, 3.05) is 0 Å². The molecule has 4 nitrogen and oxygen atoms in total. The molecule has 0 fully saturated rings. The zero-order valence-electron chi connectivity index (χ0n) is 5.23. The van der Waals surface area contributed by atoms with E-state index in [1.54, 1.807) is 18.6 Å². The Balaban J connectivity index is 0.000000500. The van der Waals surface area contributed by atoms with Crippen molar-refractivity contribution < 1.29 is 5.48 Å². The quantitative estimate of drug-likeness (QED) is 0.509. The second-order valence-corrected chi connectivity index (χ2v) is 1.77. The number of rotatable bonds is 0. The molecule has 2 aromatic rings. The lowest BCUT2D eigenvalue weighted by atomic mass is 10.7. The Morgan fingerprint density at radius 2 is 2.00 bits per heavy atom. The summed E-state index contributed by atoms with van der Waals surface area (Å²) in [6, 6.07) is 0. The largest absolute Gasteiger partial charge is 0.412 e. The molecule has 0 atom stereocenters. The number of nitrogens with zero attached hydrogens (tertiary/aromatic N) is 3.